The minimum absolute atomic E-state index is 0. The van der Waals surface area contributed by atoms with E-state index >= 15 is 0 Å². The van der Waals surface area contributed by atoms with E-state index in [0.717, 1.165) is 12.8 Å². The van der Waals surface area contributed by atoms with Crippen molar-refractivity contribution in [1.82, 2.24) is 0 Å². The van der Waals surface area contributed by atoms with Crippen LogP contribution < -0.4 is 18.9 Å². The van der Waals surface area contributed by atoms with Crippen LogP contribution in [0.25, 0.3) is 0 Å². The molecule has 0 bridgehead atoms. The Morgan fingerprint density at radius 2 is 0.958 bits per heavy atom. The van der Waals surface area contributed by atoms with E-state index in [4.69, 9.17) is 5.11 Å². The van der Waals surface area contributed by atoms with Gasteiger partial charge in [0.05, 0.1) is 6.61 Å². The van der Waals surface area contributed by atoms with Gasteiger partial charge in [-0.05, 0) is 6.42 Å². The molecule has 0 heterocycles. The minimum atomic E-state index is -1.15. The zero-order chi connectivity index (χ0) is 17.0. The van der Waals surface area contributed by atoms with Gasteiger partial charge in [-0.2, -0.15) is 0 Å². The fourth-order valence-corrected chi connectivity index (χ4v) is 2.99. The summed E-state index contributed by atoms with van der Waals surface area (Å²) in [6.07, 6.45) is 21.6. The van der Waals surface area contributed by atoms with Gasteiger partial charge in [-0.15, -0.1) is 0 Å². The Bertz CT molecular complexity index is 253. The number of hydrogen-bond donors (Lipinski definition) is 1. The first-order valence-corrected chi connectivity index (χ1v) is 10.1. The van der Waals surface area contributed by atoms with Crippen molar-refractivity contribution in [3.63, 3.8) is 0 Å². The van der Waals surface area contributed by atoms with Crippen molar-refractivity contribution in [3.05, 3.63) is 0 Å². The first-order chi connectivity index (χ1) is 11.3. The molecular weight excluding hydrogens is 295 g/mol. The molecule has 24 heavy (non-hydrogen) atoms. The van der Waals surface area contributed by atoms with Crippen LogP contribution in [0.4, 0.5) is 4.79 Å². The molecule has 0 aliphatic rings. The maximum atomic E-state index is 10.1. The normalized spacial score (nSPS) is 10.4. The fraction of sp³-hybridized carbons (Fsp3) is 0.950. The van der Waals surface area contributed by atoms with Crippen molar-refractivity contribution in [2.24, 2.45) is 0 Å². The number of hydrogen-bond acceptors (Lipinski definition) is 2. The summed E-state index contributed by atoms with van der Waals surface area (Å²) in [7, 11) is 0. The molecule has 4 heteroatoms. The first kappa shape index (κ1) is 26.1. The summed E-state index contributed by atoms with van der Waals surface area (Å²) in [5, 5.41) is 8.33. The average Bonchev–Trinajstić information content (AvgIpc) is 2.53. The third-order valence-electron chi connectivity index (χ3n) is 4.47. The predicted molar refractivity (Wildman–Crippen MR) is 99.3 cm³/mol. The summed E-state index contributed by atoms with van der Waals surface area (Å²) in [4.78, 5) is 10.1. The van der Waals surface area contributed by atoms with Gasteiger partial charge in [0, 0.05) is 0 Å². The van der Waals surface area contributed by atoms with Crippen molar-refractivity contribution in [2.75, 3.05) is 6.61 Å². The SMILES string of the molecule is CCCCCCCCCCCCCCCCCCCOC(=O)O.[H-].[Li+]. The van der Waals surface area contributed by atoms with E-state index in [9.17, 15) is 4.79 Å². The van der Waals surface area contributed by atoms with E-state index in [2.05, 4.69) is 11.7 Å². The van der Waals surface area contributed by atoms with Gasteiger partial charge >= 0.3 is 25.0 Å². The van der Waals surface area contributed by atoms with Crippen molar-refractivity contribution in [2.45, 2.75) is 116 Å². The molecule has 0 radical (unpaired) electrons. The topological polar surface area (TPSA) is 46.5 Å². The van der Waals surface area contributed by atoms with Gasteiger partial charge in [0.15, 0.2) is 0 Å². The first-order valence-electron chi connectivity index (χ1n) is 10.1. The number of ether oxygens (including phenoxy) is 1. The van der Waals surface area contributed by atoms with Crippen molar-refractivity contribution < 1.29 is 34.9 Å². The van der Waals surface area contributed by atoms with Crippen LogP contribution in [0.3, 0.4) is 0 Å². The Balaban J connectivity index is -0.00000242. The van der Waals surface area contributed by atoms with Crippen LogP contribution >= 0.6 is 0 Å². The zero-order valence-electron chi connectivity index (χ0n) is 17.5. The van der Waals surface area contributed by atoms with Gasteiger partial charge in [0.25, 0.3) is 0 Å². The van der Waals surface area contributed by atoms with Crippen LogP contribution in [-0.4, -0.2) is 17.9 Å². The Hall–Kier alpha value is -0.133. The molecule has 0 amide bonds. The van der Waals surface area contributed by atoms with Gasteiger partial charge in [-0.25, -0.2) is 4.79 Å². The summed E-state index contributed by atoms with van der Waals surface area (Å²) < 4.78 is 4.48. The minimum Gasteiger partial charge on any atom is -1.00 e. The standard InChI is InChI=1S/C20H40O3.Li.H/c1-2-3-4-5-6-7-8-9-10-11-12-13-14-15-16-17-18-19-23-20(21)22;;/h2-19H2,1H3,(H,21,22);;/q;+1;-1. The zero-order valence-corrected chi connectivity index (χ0v) is 16.5. The molecule has 0 aliphatic carbocycles. The number of carboxylic acid groups (broad SMARTS) is 1. The van der Waals surface area contributed by atoms with Crippen LogP contribution in [0.1, 0.15) is 118 Å². The fourth-order valence-electron chi connectivity index (χ4n) is 2.99. The summed E-state index contributed by atoms with van der Waals surface area (Å²) >= 11 is 0. The number of rotatable bonds is 18. The molecule has 0 aromatic heterocycles. The van der Waals surface area contributed by atoms with E-state index in [1.165, 1.54) is 96.3 Å². The van der Waals surface area contributed by atoms with E-state index in [1.807, 2.05) is 0 Å². The maximum Gasteiger partial charge on any atom is 1.00 e. The molecule has 0 spiro atoms. The van der Waals surface area contributed by atoms with Crippen LogP contribution in [-0.2, 0) is 4.74 Å². The van der Waals surface area contributed by atoms with Gasteiger partial charge in [-0.1, -0.05) is 110 Å². The molecule has 0 aromatic rings. The molecular formula is C20H41LiO3. The summed E-state index contributed by atoms with van der Waals surface area (Å²) in [6.45, 7) is 2.63. The van der Waals surface area contributed by atoms with Gasteiger partial charge in [-0.3, -0.25) is 0 Å². The molecule has 0 saturated carbocycles. The second kappa shape index (κ2) is 22.9. The van der Waals surface area contributed by atoms with Crippen molar-refractivity contribution in [3.8, 4) is 0 Å². The molecule has 0 aliphatic heterocycles. The van der Waals surface area contributed by atoms with E-state index < -0.39 is 6.16 Å². The maximum absolute atomic E-state index is 10.1. The van der Waals surface area contributed by atoms with Gasteiger partial charge < -0.3 is 11.3 Å². The van der Waals surface area contributed by atoms with E-state index in [1.54, 1.807) is 0 Å². The summed E-state index contributed by atoms with van der Waals surface area (Å²) in [6, 6.07) is 0. The smallest absolute Gasteiger partial charge is 1.00 e. The number of carbonyl (C=O) groups is 1. The second-order valence-electron chi connectivity index (χ2n) is 6.77. The molecule has 0 atom stereocenters. The van der Waals surface area contributed by atoms with Crippen LogP contribution in [0.15, 0.2) is 0 Å². The molecule has 140 valence electrons. The number of unbranched alkanes of at least 4 members (excludes halogenated alkanes) is 16. The predicted octanol–water partition coefficient (Wildman–Crippen LogP) is 4.45. The molecule has 1 N–H and O–H groups in total. The Kier molecular flexibility index (Phi) is 24.9. The Labute approximate surface area is 164 Å². The summed E-state index contributed by atoms with van der Waals surface area (Å²) in [5.41, 5.74) is 0. The average molecular weight is 336 g/mol. The quantitative estimate of drug-likeness (QED) is 0.228. The monoisotopic (exact) mass is 336 g/mol. The van der Waals surface area contributed by atoms with Crippen LogP contribution in [0.2, 0.25) is 0 Å². The van der Waals surface area contributed by atoms with E-state index in [-0.39, 0.29) is 20.3 Å². The van der Waals surface area contributed by atoms with Crippen LogP contribution in [0, 0.1) is 0 Å². The largest absolute Gasteiger partial charge is 1.00 e. The third kappa shape index (κ3) is 24.1. The van der Waals surface area contributed by atoms with Gasteiger partial charge in [0.2, 0.25) is 0 Å². The Morgan fingerprint density at radius 1 is 0.667 bits per heavy atom. The van der Waals surface area contributed by atoms with Crippen LogP contribution in [0.5, 0.6) is 0 Å². The third-order valence-corrected chi connectivity index (χ3v) is 4.47. The molecule has 0 aromatic carbocycles. The van der Waals surface area contributed by atoms with Crippen molar-refractivity contribution >= 4 is 6.16 Å². The van der Waals surface area contributed by atoms with E-state index in [0.29, 0.717) is 6.61 Å². The second-order valence-corrected chi connectivity index (χ2v) is 6.77. The van der Waals surface area contributed by atoms with Crippen molar-refractivity contribution in [1.29, 1.82) is 0 Å². The Morgan fingerprint density at radius 3 is 1.25 bits per heavy atom. The molecule has 3 nitrogen and oxygen atoms in total. The van der Waals surface area contributed by atoms with Gasteiger partial charge in [0.1, 0.15) is 0 Å². The molecule has 0 unspecified atom stereocenters. The molecule has 0 saturated heterocycles. The molecule has 0 rings (SSSR count). The molecule has 0 fully saturated rings. The summed E-state index contributed by atoms with van der Waals surface area (Å²) in [5.74, 6) is 0.